The smallest absolute Gasteiger partial charge is 0.186 e. The molecule has 1 aliphatic carbocycles. The van der Waals surface area contributed by atoms with Crippen molar-refractivity contribution in [3.8, 4) is 73.3 Å². The molecule has 1 aromatic heterocycles. The molecule has 0 amide bonds. The molecule has 0 radical (unpaired) electrons. The number of aromatic hydroxyl groups is 5. The van der Waals surface area contributed by atoms with Crippen molar-refractivity contribution < 1.29 is 29.9 Å². The number of phenols is 5. The third-order valence-corrected chi connectivity index (χ3v) is 11.3. The molecule has 0 saturated carbocycles. The van der Waals surface area contributed by atoms with Gasteiger partial charge in [-0.25, -0.2) is 0 Å². The number of hydrogen-bond acceptors (Lipinski definition) is 7. The summed E-state index contributed by atoms with van der Waals surface area (Å²) in [6.07, 6.45) is 0. The Bertz CT molecular complexity index is 3270. The number of phenolic OH excluding ortho intramolecular Hbond substituents is 5. The van der Waals surface area contributed by atoms with E-state index in [2.05, 4.69) is 24.3 Å². The monoisotopic (exact) mass is 741 g/mol. The molecule has 11 rings (SSSR count). The van der Waals surface area contributed by atoms with E-state index in [1.54, 1.807) is 29.2 Å². The minimum atomic E-state index is -0.593. The van der Waals surface area contributed by atoms with Crippen LogP contribution in [-0.2, 0) is 0 Å². The molecule has 0 unspecified atom stereocenters. The van der Waals surface area contributed by atoms with Gasteiger partial charge in [0, 0.05) is 28.2 Å². The van der Waals surface area contributed by atoms with Gasteiger partial charge in [-0.3, -0.25) is 0 Å². The fourth-order valence-corrected chi connectivity index (χ4v) is 8.67. The molecule has 0 bridgehead atoms. The zero-order chi connectivity index (χ0) is 38.5. The number of furan rings is 1. The highest BCUT2D eigenvalue weighted by Gasteiger charge is 2.31. The maximum absolute atomic E-state index is 12.0. The van der Waals surface area contributed by atoms with Crippen LogP contribution in [0.25, 0.3) is 88.0 Å². The minimum Gasteiger partial charge on any atom is -0.508 e. The van der Waals surface area contributed by atoms with Crippen molar-refractivity contribution in [1.82, 2.24) is 0 Å². The fraction of sp³-hybridized carbons (Fsp3) is 0. The number of hydrogen-bond donors (Lipinski definition) is 5. The SMILES string of the molecule is Oc1ccc2c(c1)oc1cc(-c3ccc(N(c4ccc5c(c4)-c4cccc6cccc-5c46)c4c(O)c(O)c(-c5cccc6ccccc56)c(O)c4O)cc3)ccc12. The van der Waals surface area contributed by atoms with Gasteiger partial charge < -0.3 is 34.8 Å². The van der Waals surface area contributed by atoms with E-state index in [0.717, 1.165) is 65.7 Å². The summed E-state index contributed by atoms with van der Waals surface area (Å²) in [6, 6.07) is 50.0. The normalized spacial score (nSPS) is 11.9. The van der Waals surface area contributed by atoms with Gasteiger partial charge in [0.25, 0.3) is 0 Å². The highest BCUT2D eigenvalue weighted by molar-refractivity contribution is 6.16. The van der Waals surface area contributed by atoms with Gasteiger partial charge in [-0.05, 0) is 109 Å². The molecular weight excluding hydrogens is 711 g/mol. The van der Waals surface area contributed by atoms with Gasteiger partial charge in [-0.2, -0.15) is 0 Å². The summed E-state index contributed by atoms with van der Waals surface area (Å²) >= 11 is 0. The number of rotatable bonds is 5. The van der Waals surface area contributed by atoms with Crippen molar-refractivity contribution in [3.05, 3.63) is 158 Å². The Kier molecular flexibility index (Phi) is 6.88. The molecule has 7 nitrogen and oxygen atoms in total. The third kappa shape index (κ3) is 4.79. The number of benzene rings is 9. The largest absolute Gasteiger partial charge is 0.508 e. The molecule has 9 aromatic carbocycles. The van der Waals surface area contributed by atoms with E-state index in [1.165, 1.54) is 0 Å². The van der Waals surface area contributed by atoms with Crippen LogP contribution < -0.4 is 4.90 Å². The second kappa shape index (κ2) is 12.1. The second-order valence-electron chi connectivity index (χ2n) is 14.5. The van der Waals surface area contributed by atoms with Crippen LogP contribution in [0.5, 0.6) is 28.7 Å². The standard InChI is InChI=1S/C50H31NO6/c52-33-20-23-37-36-21-16-30(24-42(36)57-43(37)26-33)27-14-17-31(18-15-27)51(32-19-22-35-39-12-4-8-29-9-5-13-40(44(29)39)41(35)25-32)46-49(55)47(53)45(48(54)50(46)56)38-11-3-7-28-6-1-2-10-34(28)38/h1-26,52-56H. The van der Waals surface area contributed by atoms with E-state index < -0.39 is 23.0 Å². The molecule has 272 valence electrons. The molecular formula is C50H31NO6. The lowest BCUT2D eigenvalue weighted by Crippen LogP contribution is -2.11. The van der Waals surface area contributed by atoms with Gasteiger partial charge in [0.05, 0.1) is 5.56 Å². The first-order valence-electron chi connectivity index (χ1n) is 18.5. The first-order chi connectivity index (χ1) is 27.8. The lowest BCUT2D eigenvalue weighted by molar-refractivity contribution is 0.377. The lowest BCUT2D eigenvalue weighted by Gasteiger charge is -2.29. The van der Waals surface area contributed by atoms with Crippen molar-refractivity contribution in [1.29, 1.82) is 0 Å². The van der Waals surface area contributed by atoms with Gasteiger partial charge in [0.2, 0.25) is 0 Å². The first kappa shape index (κ1) is 32.5. The summed E-state index contributed by atoms with van der Waals surface area (Å²) in [5, 5.41) is 63.3. The lowest BCUT2D eigenvalue weighted by atomic mass is 9.95. The summed E-state index contributed by atoms with van der Waals surface area (Å²) in [7, 11) is 0. The van der Waals surface area contributed by atoms with Crippen molar-refractivity contribution in [3.63, 3.8) is 0 Å². The van der Waals surface area contributed by atoms with Crippen LogP contribution in [0, 0.1) is 0 Å². The molecule has 57 heavy (non-hydrogen) atoms. The van der Waals surface area contributed by atoms with E-state index in [9.17, 15) is 25.5 Å². The summed E-state index contributed by atoms with van der Waals surface area (Å²) in [6.45, 7) is 0. The van der Waals surface area contributed by atoms with E-state index in [1.807, 2.05) is 109 Å². The highest BCUT2D eigenvalue weighted by atomic mass is 16.3. The molecule has 10 aromatic rings. The third-order valence-electron chi connectivity index (χ3n) is 11.3. The zero-order valence-corrected chi connectivity index (χ0v) is 30.1. The molecule has 1 aliphatic rings. The van der Waals surface area contributed by atoms with Crippen LogP contribution >= 0.6 is 0 Å². The van der Waals surface area contributed by atoms with Gasteiger partial charge in [-0.15, -0.1) is 0 Å². The predicted molar refractivity (Wildman–Crippen MR) is 227 cm³/mol. The van der Waals surface area contributed by atoms with Gasteiger partial charge in [-0.1, -0.05) is 103 Å². The minimum absolute atomic E-state index is 0.0758. The molecule has 5 N–H and O–H groups in total. The van der Waals surface area contributed by atoms with Crippen molar-refractivity contribution >= 4 is 60.5 Å². The van der Waals surface area contributed by atoms with E-state index in [0.29, 0.717) is 28.1 Å². The summed E-state index contributed by atoms with van der Waals surface area (Å²) in [5.41, 5.74) is 8.62. The van der Waals surface area contributed by atoms with Gasteiger partial charge in [0.1, 0.15) is 22.6 Å². The molecule has 0 saturated heterocycles. The maximum Gasteiger partial charge on any atom is 0.186 e. The first-order valence-corrected chi connectivity index (χ1v) is 18.5. The van der Waals surface area contributed by atoms with Crippen LogP contribution in [0.3, 0.4) is 0 Å². The van der Waals surface area contributed by atoms with E-state index in [4.69, 9.17) is 4.42 Å². The number of anilines is 3. The summed E-state index contributed by atoms with van der Waals surface area (Å²) in [5.74, 6) is -2.18. The highest BCUT2D eigenvalue weighted by Crippen LogP contribution is 2.59. The number of fused-ring (bicyclic) bond motifs is 7. The van der Waals surface area contributed by atoms with Crippen molar-refractivity contribution in [2.45, 2.75) is 0 Å². The summed E-state index contributed by atoms with van der Waals surface area (Å²) in [4.78, 5) is 1.65. The Hall–Kier alpha value is -7.90. The van der Waals surface area contributed by atoms with Crippen molar-refractivity contribution in [2.24, 2.45) is 0 Å². The summed E-state index contributed by atoms with van der Waals surface area (Å²) < 4.78 is 6.10. The number of nitrogens with zero attached hydrogens (tertiary/aromatic N) is 1. The van der Waals surface area contributed by atoms with E-state index >= 15 is 0 Å². The van der Waals surface area contributed by atoms with E-state index in [-0.39, 0.29) is 17.0 Å². The van der Waals surface area contributed by atoms with Crippen molar-refractivity contribution in [2.75, 3.05) is 4.90 Å². The Labute approximate surface area is 325 Å². The molecule has 0 spiro atoms. The molecule has 0 atom stereocenters. The average Bonchev–Trinajstić information content (AvgIpc) is 3.77. The Balaban J connectivity index is 1.09. The van der Waals surface area contributed by atoms with Crippen LogP contribution in [0.4, 0.5) is 17.1 Å². The van der Waals surface area contributed by atoms with Crippen LogP contribution in [0.1, 0.15) is 0 Å². The quantitative estimate of drug-likeness (QED) is 0.0880. The Morgan fingerprint density at radius 3 is 1.74 bits per heavy atom. The van der Waals surface area contributed by atoms with Crippen LogP contribution in [0.15, 0.2) is 162 Å². The Morgan fingerprint density at radius 2 is 0.982 bits per heavy atom. The van der Waals surface area contributed by atoms with Gasteiger partial charge in [0.15, 0.2) is 23.0 Å². The second-order valence-corrected chi connectivity index (χ2v) is 14.5. The molecule has 0 fully saturated rings. The van der Waals surface area contributed by atoms with Crippen LogP contribution in [0.2, 0.25) is 0 Å². The molecule has 1 heterocycles. The molecule has 7 heteroatoms. The Morgan fingerprint density at radius 1 is 0.386 bits per heavy atom. The zero-order valence-electron chi connectivity index (χ0n) is 30.1. The van der Waals surface area contributed by atoms with Crippen LogP contribution in [-0.4, -0.2) is 25.5 Å². The average molecular weight is 742 g/mol. The maximum atomic E-state index is 12.0. The fourth-order valence-electron chi connectivity index (χ4n) is 8.67. The molecule has 0 aliphatic heterocycles. The predicted octanol–water partition coefficient (Wildman–Crippen LogP) is 12.9. The van der Waals surface area contributed by atoms with Gasteiger partial charge >= 0.3 is 0 Å². The topological polar surface area (TPSA) is 118 Å².